The minimum atomic E-state index is -1.15. The molecule has 0 spiro atoms. The second-order valence-corrected chi connectivity index (χ2v) is 3.03. The Labute approximate surface area is 74.4 Å². The standard InChI is InChI=1S/C7H11NO5/c9-5-1-2-8(7(12)13)3-4(5)6(10)11/h4-5,9H,1-3H2,(H,10,11)(H,12,13)/t4-,5+/m1/s1. The summed E-state index contributed by atoms with van der Waals surface area (Å²) >= 11 is 0. The first-order valence-electron chi connectivity index (χ1n) is 3.91. The van der Waals surface area contributed by atoms with E-state index in [0.717, 1.165) is 4.90 Å². The van der Waals surface area contributed by atoms with E-state index >= 15 is 0 Å². The molecule has 1 heterocycles. The molecule has 0 saturated carbocycles. The van der Waals surface area contributed by atoms with Gasteiger partial charge in [0, 0.05) is 13.1 Å². The lowest BCUT2D eigenvalue weighted by atomic mass is 9.95. The molecule has 1 aliphatic rings. The molecule has 1 fully saturated rings. The van der Waals surface area contributed by atoms with Gasteiger partial charge in [-0.2, -0.15) is 0 Å². The van der Waals surface area contributed by atoms with Crippen molar-refractivity contribution in [3.05, 3.63) is 0 Å². The van der Waals surface area contributed by atoms with Crippen LogP contribution in [-0.2, 0) is 4.79 Å². The molecule has 2 atom stereocenters. The van der Waals surface area contributed by atoms with Crippen molar-refractivity contribution in [3.63, 3.8) is 0 Å². The van der Waals surface area contributed by atoms with Gasteiger partial charge in [0.15, 0.2) is 0 Å². The molecule has 3 N–H and O–H groups in total. The van der Waals surface area contributed by atoms with Crippen molar-refractivity contribution >= 4 is 12.1 Å². The number of rotatable bonds is 1. The van der Waals surface area contributed by atoms with Gasteiger partial charge in [-0.05, 0) is 6.42 Å². The predicted molar refractivity (Wildman–Crippen MR) is 41.3 cm³/mol. The lowest BCUT2D eigenvalue weighted by molar-refractivity contribution is -0.148. The average Bonchev–Trinajstić information content (AvgIpc) is 2.04. The molecule has 1 rings (SSSR count). The Kier molecular flexibility index (Phi) is 2.72. The van der Waals surface area contributed by atoms with E-state index in [1.165, 1.54) is 0 Å². The first-order valence-corrected chi connectivity index (χ1v) is 3.91. The summed E-state index contributed by atoms with van der Waals surface area (Å²) in [5, 5.41) is 26.4. The highest BCUT2D eigenvalue weighted by Crippen LogP contribution is 2.17. The number of aliphatic hydroxyl groups is 1. The topological polar surface area (TPSA) is 98.1 Å². The summed E-state index contributed by atoms with van der Waals surface area (Å²) in [6.45, 7) is 0.0616. The Bertz CT molecular complexity index is 229. The molecule has 1 amide bonds. The van der Waals surface area contributed by atoms with Crippen molar-refractivity contribution in [2.24, 2.45) is 5.92 Å². The van der Waals surface area contributed by atoms with E-state index in [2.05, 4.69) is 0 Å². The lowest BCUT2D eigenvalue weighted by Crippen LogP contribution is -2.48. The van der Waals surface area contributed by atoms with Gasteiger partial charge < -0.3 is 20.2 Å². The number of aliphatic carboxylic acids is 1. The number of amides is 1. The highest BCUT2D eigenvalue weighted by atomic mass is 16.4. The molecule has 1 saturated heterocycles. The van der Waals surface area contributed by atoms with Gasteiger partial charge in [0.25, 0.3) is 0 Å². The molecule has 0 unspecified atom stereocenters. The normalized spacial score (nSPS) is 28.5. The zero-order chi connectivity index (χ0) is 10.0. The number of nitrogens with zero attached hydrogens (tertiary/aromatic N) is 1. The second-order valence-electron chi connectivity index (χ2n) is 3.03. The maximum atomic E-state index is 10.6. The summed E-state index contributed by atoms with van der Waals surface area (Å²) in [6.07, 6.45) is -1.89. The van der Waals surface area contributed by atoms with Gasteiger partial charge in [-0.3, -0.25) is 4.79 Å². The quantitative estimate of drug-likeness (QED) is 0.513. The van der Waals surface area contributed by atoms with Gasteiger partial charge in [0.1, 0.15) is 5.92 Å². The molecular weight excluding hydrogens is 178 g/mol. The summed E-state index contributed by atoms with van der Waals surface area (Å²) in [5.41, 5.74) is 0. The van der Waals surface area contributed by atoms with Crippen LogP contribution in [0.2, 0.25) is 0 Å². The third-order valence-corrected chi connectivity index (χ3v) is 2.16. The number of hydrogen-bond acceptors (Lipinski definition) is 3. The Morgan fingerprint density at radius 1 is 1.31 bits per heavy atom. The fourth-order valence-electron chi connectivity index (χ4n) is 1.36. The van der Waals surface area contributed by atoms with Crippen LogP contribution in [0.15, 0.2) is 0 Å². The molecular formula is C7H11NO5. The number of hydrogen-bond donors (Lipinski definition) is 3. The third-order valence-electron chi connectivity index (χ3n) is 2.16. The van der Waals surface area contributed by atoms with Crippen LogP contribution in [0.3, 0.4) is 0 Å². The van der Waals surface area contributed by atoms with Gasteiger partial charge >= 0.3 is 12.1 Å². The van der Waals surface area contributed by atoms with Crippen molar-refractivity contribution in [1.82, 2.24) is 4.90 Å². The number of aliphatic hydroxyl groups excluding tert-OH is 1. The van der Waals surface area contributed by atoms with E-state index in [1.807, 2.05) is 0 Å². The molecule has 0 aromatic rings. The van der Waals surface area contributed by atoms with Crippen molar-refractivity contribution in [2.45, 2.75) is 12.5 Å². The van der Waals surface area contributed by atoms with E-state index < -0.39 is 24.1 Å². The van der Waals surface area contributed by atoms with Crippen LogP contribution in [0.1, 0.15) is 6.42 Å². The van der Waals surface area contributed by atoms with E-state index in [0.29, 0.717) is 0 Å². The highest BCUT2D eigenvalue weighted by molar-refractivity contribution is 5.73. The van der Waals surface area contributed by atoms with Crippen LogP contribution in [0.5, 0.6) is 0 Å². The maximum Gasteiger partial charge on any atom is 0.407 e. The Hall–Kier alpha value is -1.30. The van der Waals surface area contributed by atoms with E-state index in [1.54, 1.807) is 0 Å². The molecule has 0 radical (unpaired) electrons. The number of carboxylic acids is 1. The number of piperidine rings is 1. The lowest BCUT2D eigenvalue weighted by Gasteiger charge is -2.31. The Morgan fingerprint density at radius 3 is 2.38 bits per heavy atom. The first-order chi connectivity index (χ1) is 6.02. The highest BCUT2D eigenvalue weighted by Gasteiger charge is 2.34. The van der Waals surface area contributed by atoms with Crippen LogP contribution >= 0.6 is 0 Å². The van der Waals surface area contributed by atoms with Gasteiger partial charge in [0.05, 0.1) is 6.10 Å². The zero-order valence-corrected chi connectivity index (χ0v) is 6.88. The van der Waals surface area contributed by atoms with Crippen LogP contribution in [0, 0.1) is 5.92 Å². The van der Waals surface area contributed by atoms with Crippen molar-refractivity contribution in [3.8, 4) is 0 Å². The SMILES string of the molecule is O=C(O)[C@@H]1CN(C(=O)O)CC[C@@H]1O. The molecule has 0 bridgehead atoms. The number of carbonyl (C=O) groups is 2. The van der Waals surface area contributed by atoms with Crippen LogP contribution < -0.4 is 0 Å². The molecule has 13 heavy (non-hydrogen) atoms. The minimum absolute atomic E-state index is 0.133. The summed E-state index contributed by atoms with van der Waals surface area (Å²) in [5.74, 6) is -2.15. The largest absolute Gasteiger partial charge is 0.481 e. The summed E-state index contributed by atoms with van der Waals surface area (Å²) < 4.78 is 0. The average molecular weight is 189 g/mol. The summed E-state index contributed by atoms with van der Waals surface area (Å²) in [7, 11) is 0. The molecule has 6 heteroatoms. The summed E-state index contributed by atoms with van der Waals surface area (Å²) in [4.78, 5) is 22.0. The van der Waals surface area contributed by atoms with E-state index in [9.17, 15) is 14.7 Å². The Balaban J connectivity index is 2.63. The number of likely N-dealkylation sites (tertiary alicyclic amines) is 1. The van der Waals surface area contributed by atoms with Gasteiger partial charge in [0.2, 0.25) is 0 Å². The Morgan fingerprint density at radius 2 is 1.92 bits per heavy atom. The van der Waals surface area contributed by atoms with Gasteiger partial charge in [-0.15, -0.1) is 0 Å². The van der Waals surface area contributed by atoms with Crippen molar-refractivity contribution < 1.29 is 24.9 Å². The van der Waals surface area contributed by atoms with E-state index in [-0.39, 0.29) is 19.5 Å². The monoisotopic (exact) mass is 189 g/mol. The van der Waals surface area contributed by atoms with Crippen molar-refractivity contribution in [2.75, 3.05) is 13.1 Å². The minimum Gasteiger partial charge on any atom is -0.481 e. The number of carboxylic acid groups (broad SMARTS) is 2. The molecule has 0 aromatic carbocycles. The first kappa shape index (κ1) is 9.79. The predicted octanol–water partition coefficient (Wildman–Crippen LogP) is -0.568. The smallest absolute Gasteiger partial charge is 0.407 e. The van der Waals surface area contributed by atoms with Gasteiger partial charge in [-0.1, -0.05) is 0 Å². The zero-order valence-electron chi connectivity index (χ0n) is 6.88. The fraction of sp³-hybridized carbons (Fsp3) is 0.714. The second kappa shape index (κ2) is 3.61. The molecule has 6 nitrogen and oxygen atoms in total. The summed E-state index contributed by atoms with van der Waals surface area (Å²) in [6, 6.07) is 0. The van der Waals surface area contributed by atoms with Gasteiger partial charge in [-0.25, -0.2) is 4.79 Å². The van der Waals surface area contributed by atoms with Crippen LogP contribution in [-0.4, -0.2) is 51.5 Å². The molecule has 74 valence electrons. The fourth-order valence-corrected chi connectivity index (χ4v) is 1.36. The molecule has 0 aromatic heterocycles. The molecule has 0 aliphatic carbocycles. The van der Waals surface area contributed by atoms with Crippen molar-refractivity contribution in [1.29, 1.82) is 0 Å². The van der Waals surface area contributed by atoms with E-state index in [4.69, 9.17) is 10.2 Å². The van der Waals surface area contributed by atoms with Crippen LogP contribution in [0.25, 0.3) is 0 Å². The molecule has 1 aliphatic heterocycles. The third kappa shape index (κ3) is 2.09. The van der Waals surface area contributed by atoms with Crippen LogP contribution in [0.4, 0.5) is 4.79 Å². The maximum absolute atomic E-state index is 10.6.